The number of rotatable bonds is 2. The van der Waals surface area contributed by atoms with Gasteiger partial charge in [-0.05, 0) is 0 Å². The van der Waals surface area contributed by atoms with E-state index < -0.39 is 45.2 Å². The molecule has 0 aliphatic carbocycles. The molecular formula is C11H5F6NOS. The van der Waals surface area contributed by atoms with Gasteiger partial charge in [0.05, 0.1) is 10.4 Å². The number of aliphatic hydroxyl groups excluding tert-OH is 1. The first-order valence-electron chi connectivity index (χ1n) is 5.05. The van der Waals surface area contributed by atoms with Crippen LogP contribution in [-0.4, -0.2) is 10.1 Å². The van der Waals surface area contributed by atoms with E-state index in [1.807, 2.05) is 0 Å². The van der Waals surface area contributed by atoms with Crippen LogP contribution in [0.15, 0.2) is 18.3 Å². The summed E-state index contributed by atoms with van der Waals surface area (Å²) in [6.45, 7) is 0. The average Bonchev–Trinajstić information content (AvgIpc) is 2.75. The molecule has 1 heterocycles. The van der Waals surface area contributed by atoms with E-state index in [2.05, 4.69) is 4.98 Å². The summed E-state index contributed by atoms with van der Waals surface area (Å²) in [6, 6.07) is 0.653. The number of benzene rings is 1. The predicted molar refractivity (Wildman–Crippen MR) is 57.5 cm³/mol. The fraction of sp³-hybridized carbons (Fsp3) is 0.182. The topological polar surface area (TPSA) is 33.1 Å². The van der Waals surface area contributed by atoms with E-state index in [4.69, 9.17) is 0 Å². The molecule has 9 heteroatoms. The Bertz CT molecular complexity index is 615. The zero-order chi connectivity index (χ0) is 15.1. The Balaban J connectivity index is 2.42. The van der Waals surface area contributed by atoms with E-state index in [1.165, 1.54) is 0 Å². The molecule has 0 fully saturated rings. The van der Waals surface area contributed by atoms with Crippen LogP contribution < -0.4 is 0 Å². The molecule has 0 aliphatic rings. The van der Waals surface area contributed by atoms with Crippen molar-refractivity contribution in [2.75, 3.05) is 0 Å². The summed E-state index contributed by atoms with van der Waals surface area (Å²) in [4.78, 5) is 2.62. The zero-order valence-corrected chi connectivity index (χ0v) is 10.2. The van der Waals surface area contributed by atoms with Crippen LogP contribution in [0.5, 0.6) is 0 Å². The minimum Gasteiger partial charge on any atom is -0.383 e. The van der Waals surface area contributed by atoms with Crippen molar-refractivity contribution in [2.24, 2.45) is 0 Å². The van der Waals surface area contributed by atoms with Crippen LogP contribution in [0.4, 0.5) is 26.3 Å². The molecule has 0 aliphatic heterocycles. The monoisotopic (exact) mass is 313 g/mol. The molecule has 0 spiro atoms. The van der Waals surface area contributed by atoms with Gasteiger partial charge >= 0.3 is 6.18 Å². The van der Waals surface area contributed by atoms with Gasteiger partial charge in [0.1, 0.15) is 23.6 Å². The molecule has 0 amide bonds. The smallest absolute Gasteiger partial charge is 0.383 e. The highest BCUT2D eigenvalue weighted by Gasteiger charge is 2.35. The average molecular weight is 313 g/mol. The van der Waals surface area contributed by atoms with Crippen molar-refractivity contribution in [2.45, 2.75) is 12.3 Å². The molecule has 2 rings (SSSR count). The van der Waals surface area contributed by atoms with Gasteiger partial charge in [-0.1, -0.05) is 0 Å². The molecule has 0 bridgehead atoms. The van der Waals surface area contributed by atoms with Crippen molar-refractivity contribution in [3.63, 3.8) is 0 Å². The van der Waals surface area contributed by atoms with Crippen molar-refractivity contribution in [1.29, 1.82) is 0 Å². The van der Waals surface area contributed by atoms with Crippen LogP contribution >= 0.6 is 11.3 Å². The van der Waals surface area contributed by atoms with Crippen molar-refractivity contribution < 1.29 is 31.4 Å². The summed E-state index contributed by atoms with van der Waals surface area (Å²) in [5, 5.41) is 8.47. The Hall–Kier alpha value is -1.61. The quantitative estimate of drug-likeness (QED) is 0.858. The van der Waals surface area contributed by atoms with Crippen molar-refractivity contribution in [3.05, 3.63) is 51.2 Å². The van der Waals surface area contributed by atoms with Gasteiger partial charge in [-0.3, -0.25) is 0 Å². The summed E-state index contributed by atoms with van der Waals surface area (Å²) < 4.78 is 76.6. The minimum atomic E-state index is -4.72. The first-order valence-corrected chi connectivity index (χ1v) is 5.87. The molecular weight excluding hydrogens is 308 g/mol. The van der Waals surface area contributed by atoms with Crippen LogP contribution in [0.3, 0.4) is 0 Å². The number of hydrogen-bond acceptors (Lipinski definition) is 3. The number of thiazole rings is 1. The first kappa shape index (κ1) is 14.8. The van der Waals surface area contributed by atoms with E-state index in [0.717, 1.165) is 0 Å². The van der Waals surface area contributed by atoms with Crippen molar-refractivity contribution >= 4 is 11.3 Å². The van der Waals surface area contributed by atoms with Crippen molar-refractivity contribution in [1.82, 2.24) is 4.98 Å². The van der Waals surface area contributed by atoms with Crippen LogP contribution in [0, 0.1) is 17.5 Å². The largest absolute Gasteiger partial charge is 0.443 e. The molecule has 1 N–H and O–H groups in total. The van der Waals surface area contributed by atoms with E-state index in [0.29, 0.717) is 18.3 Å². The SMILES string of the molecule is OC(c1cnc(C(F)(F)F)s1)c1c(F)cc(F)cc1F. The molecule has 1 aromatic heterocycles. The molecule has 0 saturated heterocycles. The fourth-order valence-electron chi connectivity index (χ4n) is 1.50. The van der Waals surface area contributed by atoms with Crippen LogP contribution in [0.2, 0.25) is 0 Å². The molecule has 0 radical (unpaired) electrons. The lowest BCUT2D eigenvalue weighted by Gasteiger charge is -2.11. The Morgan fingerprint density at radius 3 is 2.10 bits per heavy atom. The molecule has 1 atom stereocenters. The fourth-order valence-corrected chi connectivity index (χ4v) is 2.28. The molecule has 1 aromatic carbocycles. The standard InChI is InChI=1S/C11H5F6NOS/c12-4-1-5(13)8(6(14)2-4)9(19)7-3-18-10(20-7)11(15,16)17/h1-3,9,19H. The number of hydrogen-bond donors (Lipinski definition) is 1. The van der Waals surface area contributed by atoms with Gasteiger partial charge < -0.3 is 5.11 Å². The number of halogens is 6. The lowest BCUT2D eigenvalue weighted by atomic mass is 10.1. The maximum Gasteiger partial charge on any atom is 0.443 e. The van der Waals surface area contributed by atoms with Crippen LogP contribution in [0.1, 0.15) is 21.6 Å². The van der Waals surface area contributed by atoms with E-state index in [9.17, 15) is 31.4 Å². The molecule has 108 valence electrons. The van der Waals surface area contributed by atoms with Gasteiger partial charge in [-0.25, -0.2) is 18.2 Å². The third kappa shape index (κ3) is 2.78. The zero-order valence-electron chi connectivity index (χ0n) is 9.38. The predicted octanol–water partition coefficient (Wildman–Crippen LogP) is 3.66. The number of aliphatic hydroxyl groups is 1. The van der Waals surface area contributed by atoms with Crippen LogP contribution in [-0.2, 0) is 6.18 Å². The third-order valence-electron chi connectivity index (χ3n) is 2.35. The Morgan fingerprint density at radius 2 is 1.65 bits per heavy atom. The second-order valence-electron chi connectivity index (χ2n) is 3.75. The highest BCUT2D eigenvalue weighted by atomic mass is 32.1. The lowest BCUT2D eigenvalue weighted by Crippen LogP contribution is -2.05. The Labute approximate surface area is 112 Å². The van der Waals surface area contributed by atoms with Gasteiger partial charge in [-0.2, -0.15) is 13.2 Å². The van der Waals surface area contributed by atoms with E-state index in [-0.39, 0.29) is 11.3 Å². The highest BCUT2D eigenvalue weighted by Crippen LogP contribution is 2.37. The number of alkyl halides is 3. The Morgan fingerprint density at radius 1 is 1.10 bits per heavy atom. The van der Waals surface area contributed by atoms with E-state index in [1.54, 1.807) is 0 Å². The normalized spacial score (nSPS) is 13.6. The molecule has 0 saturated carbocycles. The van der Waals surface area contributed by atoms with Crippen molar-refractivity contribution in [3.8, 4) is 0 Å². The second-order valence-corrected chi connectivity index (χ2v) is 4.81. The highest BCUT2D eigenvalue weighted by molar-refractivity contribution is 7.11. The summed E-state index contributed by atoms with van der Waals surface area (Å²) in [5.74, 6) is -3.98. The molecule has 1 unspecified atom stereocenters. The van der Waals surface area contributed by atoms with Crippen LogP contribution in [0.25, 0.3) is 0 Å². The van der Waals surface area contributed by atoms with Gasteiger partial charge in [0.15, 0.2) is 5.01 Å². The van der Waals surface area contributed by atoms with Gasteiger partial charge in [0.2, 0.25) is 0 Å². The summed E-state index contributed by atoms with van der Waals surface area (Å²) in [6.07, 6.45) is -6.05. The summed E-state index contributed by atoms with van der Waals surface area (Å²) in [7, 11) is 0. The molecule has 20 heavy (non-hydrogen) atoms. The number of nitrogens with zero attached hydrogens (tertiary/aromatic N) is 1. The molecule has 2 aromatic rings. The second kappa shape index (κ2) is 5.06. The lowest BCUT2D eigenvalue weighted by molar-refractivity contribution is -0.137. The van der Waals surface area contributed by atoms with E-state index >= 15 is 0 Å². The minimum absolute atomic E-state index is 0.0512. The van der Waals surface area contributed by atoms with Gasteiger partial charge in [-0.15, -0.1) is 11.3 Å². The first-order chi connectivity index (χ1) is 9.20. The van der Waals surface area contributed by atoms with Gasteiger partial charge in [0, 0.05) is 18.3 Å². The number of aromatic nitrogens is 1. The molecule has 2 nitrogen and oxygen atoms in total. The maximum atomic E-state index is 13.4. The Kier molecular flexibility index (Phi) is 3.74. The maximum absolute atomic E-state index is 13.4. The summed E-state index contributed by atoms with van der Waals surface area (Å²) in [5.41, 5.74) is -0.927. The van der Waals surface area contributed by atoms with Gasteiger partial charge in [0.25, 0.3) is 0 Å². The summed E-state index contributed by atoms with van der Waals surface area (Å²) >= 11 is 0.0512. The third-order valence-corrected chi connectivity index (χ3v) is 3.45.